The largest absolute Gasteiger partial charge is 0.382 e. The van der Waals surface area contributed by atoms with Gasteiger partial charge in [-0.15, -0.1) is 0 Å². The van der Waals surface area contributed by atoms with Crippen molar-refractivity contribution < 1.29 is 0 Å². The highest BCUT2D eigenvalue weighted by molar-refractivity contribution is 5.77. The third-order valence-electron chi connectivity index (χ3n) is 3.12. The molecule has 1 aliphatic heterocycles. The number of aromatic nitrogens is 2. The first-order valence-corrected chi connectivity index (χ1v) is 5.90. The van der Waals surface area contributed by atoms with Gasteiger partial charge in [0, 0.05) is 40.3 Å². The fraction of sp³-hybridized carbons (Fsp3) is 0.636. The number of hydrogen-bond acceptors (Lipinski definition) is 6. The van der Waals surface area contributed by atoms with Crippen LogP contribution in [0.1, 0.15) is 0 Å². The van der Waals surface area contributed by atoms with Gasteiger partial charge in [-0.3, -0.25) is 0 Å². The molecule has 1 aliphatic rings. The molecule has 94 valence electrons. The lowest BCUT2D eigenvalue weighted by Crippen LogP contribution is -2.45. The van der Waals surface area contributed by atoms with Crippen LogP contribution in [-0.4, -0.2) is 62.2 Å². The van der Waals surface area contributed by atoms with Crippen molar-refractivity contribution in [3.63, 3.8) is 0 Å². The monoisotopic (exact) mass is 236 g/mol. The molecule has 1 aromatic rings. The Hall–Kier alpha value is -1.56. The van der Waals surface area contributed by atoms with Crippen molar-refractivity contribution in [1.29, 1.82) is 0 Å². The minimum Gasteiger partial charge on any atom is -0.382 e. The van der Waals surface area contributed by atoms with E-state index >= 15 is 0 Å². The standard InChI is InChI=1S/C11H20N6/c1-12-9-10(13-2)14-8-15-11(9)17-6-4-16(3)5-7-17/h8,12H,4-7H2,1-3H3,(H,13,14,15). The Bertz CT molecular complexity index is 372. The summed E-state index contributed by atoms with van der Waals surface area (Å²) in [5.41, 5.74) is 0.972. The lowest BCUT2D eigenvalue weighted by atomic mass is 10.3. The second-order valence-electron chi connectivity index (χ2n) is 4.21. The summed E-state index contributed by atoms with van der Waals surface area (Å²) < 4.78 is 0. The molecule has 1 saturated heterocycles. The fourth-order valence-corrected chi connectivity index (χ4v) is 2.05. The second kappa shape index (κ2) is 5.18. The van der Waals surface area contributed by atoms with Gasteiger partial charge in [0.2, 0.25) is 0 Å². The van der Waals surface area contributed by atoms with Gasteiger partial charge in [-0.1, -0.05) is 0 Å². The zero-order valence-electron chi connectivity index (χ0n) is 10.7. The van der Waals surface area contributed by atoms with Crippen molar-refractivity contribution in [3.8, 4) is 0 Å². The van der Waals surface area contributed by atoms with Gasteiger partial charge in [-0.2, -0.15) is 0 Å². The summed E-state index contributed by atoms with van der Waals surface area (Å²) in [6, 6.07) is 0. The van der Waals surface area contributed by atoms with Crippen molar-refractivity contribution in [2.75, 3.05) is 62.9 Å². The summed E-state index contributed by atoms with van der Waals surface area (Å²) in [5.74, 6) is 1.83. The Labute approximate surface area is 102 Å². The Balaban J connectivity index is 2.25. The van der Waals surface area contributed by atoms with E-state index in [0.717, 1.165) is 43.5 Å². The zero-order valence-corrected chi connectivity index (χ0v) is 10.7. The molecule has 0 aliphatic carbocycles. The van der Waals surface area contributed by atoms with Crippen molar-refractivity contribution >= 4 is 17.3 Å². The van der Waals surface area contributed by atoms with Crippen molar-refractivity contribution in [1.82, 2.24) is 14.9 Å². The number of piperazine rings is 1. The van der Waals surface area contributed by atoms with Crippen molar-refractivity contribution in [2.45, 2.75) is 0 Å². The van der Waals surface area contributed by atoms with Crippen LogP contribution in [-0.2, 0) is 0 Å². The van der Waals surface area contributed by atoms with Crippen LogP contribution < -0.4 is 15.5 Å². The molecule has 1 aromatic heterocycles. The van der Waals surface area contributed by atoms with Crippen molar-refractivity contribution in [2.24, 2.45) is 0 Å². The van der Waals surface area contributed by atoms with E-state index in [1.807, 2.05) is 14.1 Å². The van der Waals surface area contributed by atoms with E-state index < -0.39 is 0 Å². The van der Waals surface area contributed by atoms with Crippen LogP contribution in [0.4, 0.5) is 17.3 Å². The molecule has 0 radical (unpaired) electrons. The first-order chi connectivity index (χ1) is 8.26. The van der Waals surface area contributed by atoms with E-state index in [4.69, 9.17) is 0 Å². The molecule has 6 heteroatoms. The van der Waals surface area contributed by atoms with Gasteiger partial charge < -0.3 is 20.4 Å². The molecule has 0 bridgehead atoms. The van der Waals surface area contributed by atoms with Crippen LogP contribution in [0.2, 0.25) is 0 Å². The molecule has 0 atom stereocenters. The molecular weight excluding hydrogens is 216 g/mol. The molecular formula is C11H20N6. The van der Waals surface area contributed by atoms with Crippen molar-refractivity contribution in [3.05, 3.63) is 6.33 Å². The number of hydrogen-bond donors (Lipinski definition) is 2. The molecule has 0 saturated carbocycles. The maximum Gasteiger partial charge on any atom is 0.157 e. The van der Waals surface area contributed by atoms with E-state index in [0.29, 0.717) is 0 Å². The third-order valence-corrected chi connectivity index (χ3v) is 3.12. The van der Waals surface area contributed by atoms with E-state index in [-0.39, 0.29) is 0 Å². The normalized spacial score (nSPS) is 17.0. The average molecular weight is 236 g/mol. The average Bonchev–Trinajstić information content (AvgIpc) is 2.38. The summed E-state index contributed by atoms with van der Waals surface area (Å²) in [6.07, 6.45) is 1.61. The quantitative estimate of drug-likeness (QED) is 0.788. The van der Waals surface area contributed by atoms with Crippen LogP contribution in [0.3, 0.4) is 0 Å². The van der Waals surface area contributed by atoms with Crippen LogP contribution in [0.15, 0.2) is 6.33 Å². The zero-order chi connectivity index (χ0) is 12.3. The number of nitrogens with one attached hydrogen (secondary N) is 2. The number of rotatable bonds is 3. The van der Waals surface area contributed by atoms with E-state index in [1.165, 1.54) is 0 Å². The Kier molecular flexibility index (Phi) is 3.63. The Morgan fingerprint density at radius 2 is 1.76 bits per heavy atom. The lowest BCUT2D eigenvalue weighted by molar-refractivity contribution is 0.312. The summed E-state index contributed by atoms with van der Waals surface area (Å²) in [6.45, 7) is 4.15. The molecule has 0 unspecified atom stereocenters. The topological polar surface area (TPSA) is 56.3 Å². The van der Waals surface area contributed by atoms with Crippen LogP contribution in [0.25, 0.3) is 0 Å². The first-order valence-electron chi connectivity index (χ1n) is 5.90. The van der Waals surface area contributed by atoms with Gasteiger partial charge in [0.1, 0.15) is 12.0 Å². The molecule has 0 spiro atoms. The summed E-state index contributed by atoms with van der Waals surface area (Å²) in [5, 5.41) is 6.26. The first kappa shape index (κ1) is 11.9. The summed E-state index contributed by atoms with van der Waals surface area (Å²) >= 11 is 0. The predicted octanol–water partition coefficient (Wildman–Crippen LogP) is 0.312. The molecule has 2 heterocycles. The lowest BCUT2D eigenvalue weighted by Gasteiger charge is -2.34. The number of anilines is 3. The second-order valence-corrected chi connectivity index (χ2v) is 4.21. The summed E-state index contributed by atoms with van der Waals surface area (Å²) in [7, 11) is 5.92. The SMILES string of the molecule is CNc1ncnc(N2CCN(C)CC2)c1NC. The van der Waals surface area contributed by atoms with Crippen LogP contribution >= 0.6 is 0 Å². The number of likely N-dealkylation sites (N-methyl/N-ethyl adjacent to an activating group) is 1. The summed E-state index contributed by atoms with van der Waals surface area (Å²) in [4.78, 5) is 13.2. The number of nitrogens with zero attached hydrogens (tertiary/aromatic N) is 4. The predicted molar refractivity (Wildman–Crippen MR) is 70.8 cm³/mol. The van der Waals surface area contributed by atoms with Gasteiger partial charge >= 0.3 is 0 Å². The van der Waals surface area contributed by atoms with Gasteiger partial charge in [0.15, 0.2) is 11.6 Å². The molecule has 17 heavy (non-hydrogen) atoms. The molecule has 0 amide bonds. The van der Waals surface area contributed by atoms with E-state index in [2.05, 4.69) is 37.4 Å². The highest BCUT2D eigenvalue weighted by atomic mass is 15.3. The Morgan fingerprint density at radius 1 is 1.06 bits per heavy atom. The molecule has 1 fully saturated rings. The van der Waals surface area contributed by atoms with E-state index in [9.17, 15) is 0 Å². The third kappa shape index (κ3) is 2.41. The highest BCUT2D eigenvalue weighted by Crippen LogP contribution is 2.29. The molecule has 0 aromatic carbocycles. The smallest absolute Gasteiger partial charge is 0.157 e. The molecule has 2 rings (SSSR count). The maximum atomic E-state index is 4.40. The van der Waals surface area contributed by atoms with Gasteiger partial charge in [-0.25, -0.2) is 9.97 Å². The van der Waals surface area contributed by atoms with Gasteiger partial charge in [0.05, 0.1) is 0 Å². The Morgan fingerprint density at radius 3 is 2.35 bits per heavy atom. The highest BCUT2D eigenvalue weighted by Gasteiger charge is 2.19. The van der Waals surface area contributed by atoms with Crippen LogP contribution in [0, 0.1) is 0 Å². The maximum absolute atomic E-state index is 4.40. The van der Waals surface area contributed by atoms with Gasteiger partial charge in [0.25, 0.3) is 0 Å². The fourth-order valence-electron chi connectivity index (χ4n) is 2.05. The minimum atomic E-state index is 0.844. The molecule has 2 N–H and O–H groups in total. The van der Waals surface area contributed by atoms with Crippen LogP contribution in [0.5, 0.6) is 0 Å². The minimum absolute atomic E-state index is 0.844. The molecule has 6 nitrogen and oxygen atoms in total. The van der Waals surface area contributed by atoms with E-state index in [1.54, 1.807) is 6.33 Å². The van der Waals surface area contributed by atoms with Gasteiger partial charge in [-0.05, 0) is 7.05 Å².